The van der Waals surface area contributed by atoms with E-state index in [1.165, 1.54) is 0 Å². The Morgan fingerprint density at radius 2 is 2.29 bits per heavy atom. The van der Waals surface area contributed by atoms with Gasteiger partial charge in [-0.05, 0) is 6.42 Å². The molecule has 0 saturated carbocycles. The minimum Gasteiger partial charge on any atom is -0.379 e. The van der Waals surface area contributed by atoms with Crippen LogP contribution < -0.4 is 11.5 Å². The normalized spacial score (nSPS) is 26.1. The van der Waals surface area contributed by atoms with E-state index in [9.17, 15) is 0 Å². The van der Waals surface area contributed by atoms with Crippen molar-refractivity contribution in [1.29, 1.82) is 0 Å². The third-order valence-electron chi connectivity index (χ3n) is 2.14. The van der Waals surface area contributed by atoms with Crippen molar-refractivity contribution in [3.05, 3.63) is 11.7 Å². The molecule has 1 aliphatic rings. The number of ether oxygens (including phenoxy) is 1. The molecule has 7 heteroatoms. The first-order valence-electron chi connectivity index (χ1n) is 4.14. The molecule has 1 aromatic rings. The summed E-state index contributed by atoms with van der Waals surface area (Å²) < 4.78 is 10.0. The van der Waals surface area contributed by atoms with E-state index in [1.807, 2.05) is 0 Å². The maximum absolute atomic E-state index is 6.00. The first-order valence-corrected chi connectivity index (χ1v) is 4.14. The summed E-state index contributed by atoms with van der Waals surface area (Å²) >= 11 is 0. The van der Waals surface area contributed by atoms with Crippen molar-refractivity contribution in [2.24, 2.45) is 11.5 Å². The molecule has 1 saturated heterocycles. The van der Waals surface area contributed by atoms with E-state index in [4.69, 9.17) is 20.7 Å². The summed E-state index contributed by atoms with van der Waals surface area (Å²) in [5.74, 6) is 0.900. The molecule has 4 N–H and O–H groups in total. The van der Waals surface area contributed by atoms with Crippen molar-refractivity contribution in [3.63, 3.8) is 0 Å². The summed E-state index contributed by atoms with van der Waals surface area (Å²) in [6, 6.07) is 0. The maximum atomic E-state index is 6.00. The Hall–Kier alpha value is -0.690. The number of nitrogens with zero attached hydrogens (tertiary/aromatic N) is 2. The van der Waals surface area contributed by atoms with Gasteiger partial charge in [0.1, 0.15) is 5.54 Å². The Morgan fingerprint density at radius 1 is 1.50 bits per heavy atom. The second kappa shape index (κ2) is 4.22. The van der Waals surface area contributed by atoms with Crippen LogP contribution in [0.5, 0.6) is 0 Å². The van der Waals surface area contributed by atoms with Gasteiger partial charge in [-0.1, -0.05) is 5.16 Å². The Bertz CT molecular complexity index is 298. The molecule has 0 aliphatic carbocycles. The molecule has 1 atom stereocenters. The molecule has 0 radical (unpaired) electrons. The second-order valence-corrected chi connectivity index (χ2v) is 3.17. The van der Waals surface area contributed by atoms with E-state index in [-0.39, 0.29) is 19.0 Å². The highest BCUT2D eigenvalue weighted by Crippen LogP contribution is 2.24. The summed E-state index contributed by atoms with van der Waals surface area (Å²) in [6.07, 6.45) is 0.719. The molecule has 0 spiro atoms. The van der Waals surface area contributed by atoms with Crippen molar-refractivity contribution >= 4 is 12.4 Å². The summed E-state index contributed by atoms with van der Waals surface area (Å²) in [4.78, 5) is 4.07. The molecule has 0 bridgehead atoms. The standard InChI is InChI=1S/C7H12N4O2.ClH/c8-3-5-10-6(11-13-5)7(9)1-2-12-4-7;/h1-4,8-9H2;1H. The molecule has 1 aliphatic heterocycles. The topological polar surface area (TPSA) is 100 Å². The largest absolute Gasteiger partial charge is 0.379 e. The number of hydrogen-bond donors (Lipinski definition) is 2. The van der Waals surface area contributed by atoms with Crippen LogP contribution in [0.25, 0.3) is 0 Å². The van der Waals surface area contributed by atoms with Crippen LogP contribution in [0.1, 0.15) is 18.1 Å². The Kier molecular flexibility index (Phi) is 3.43. The van der Waals surface area contributed by atoms with Crippen LogP contribution in [0.3, 0.4) is 0 Å². The van der Waals surface area contributed by atoms with E-state index in [0.717, 1.165) is 6.42 Å². The first kappa shape index (κ1) is 11.4. The number of hydrogen-bond acceptors (Lipinski definition) is 6. The fourth-order valence-corrected chi connectivity index (χ4v) is 1.30. The van der Waals surface area contributed by atoms with Gasteiger partial charge in [0.25, 0.3) is 0 Å². The lowest BCUT2D eigenvalue weighted by molar-refractivity contribution is 0.175. The molecule has 2 rings (SSSR count). The lowest BCUT2D eigenvalue weighted by Gasteiger charge is -2.15. The fourth-order valence-electron chi connectivity index (χ4n) is 1.30. The molecule has 14 heavy (non-hydrogen) atoms. The SMILES string of the molecule is Cl.NCc1nc(C2(N)CCOC2)no1. The average Bonchev–Trinajstić information content (AvgIpc) is 2.72. The molecule has 0 amide bonds. The molecular weight excluding hydrogens is 208 g/mol. The predicted molar refractivity (Wildman–Crippen MR) is 50.7 cm³/mol. The highest BCUT2D eigenvalue weighted by molar-refractivity contribution is 5.85. The zero-order chi connectivity index (χ0) is 9.31. The van der Waals surface area contributed by atoms with Crippen LogP contribution in [0.2, 0.25) is 0 Å². The lowest BCUT2D eigenvalue weighted by atomic mass is 10.00. The van der Waals surface area contributed by atoms with E-state index < -0.39 is 5.54 Å². The van der Waals surface area contributed by atoms with Gasteiger partial charge in [-0.15, -0.1) is 12.4 Å². The summed E-state index contributed by atoms with van der Waals surface area (Å²) in [6.45, 7) is 1.32. The molecule has 80 valence electrons. The zero-order valence-corrected chi connectivity index (χ0v) is 8.42. The van der Waals surface area contributed by atoms with Crippen LogP contribution in [-0.4, -0.2) is 23.4 Å². The average molecular weight is 221 g/mol. The van der Waals surface area contributed by atoms with Crippen molar-refractivity contribution in [1.82, 2.24) is 10.1 Å². The Balaban J connectivity index is 0.000000980. The molecular formula is C7H13ClN4O2. The summed E-state index contributed by atoms with van der Waals surface area (Å²) in [5.41, 5.74) is 10.7. The van der Waals surface area contributed by atoms with Crippen LogP contribution >= 0.6 is 12.4 Å². The summed E-state index contributed by atoms with van der Waals surface area (Å²) in [7, 11) is 0. The van der Waals surface area contributed by atoms with Crippen molar-refractivity contribution in [2.45, 2.75) is 18.5 Å². The van der Waals surface area contributed by atoms with Gasteiger partial charge in [0, 0.05) is 6.61 Å². The van der Waals surface area contributed by atoms with E-state index in [1.54, 1.807) is 0 Å². The zero-order valence-electron chi connectivity index (χ0n) is 7.60. The Labute approximate surface area is 87.4 Å². The van der Waals surface area contributed by atoms with Gasteiger partial charge >= 0.3 is 0 Å². The van der Waals surface area contributed by atoms with Crippen LogP contribution in [0.4, 0.5) is 0 Å². The fraction of sp³-hybridized carbons (Fsp3) is 0.714. The monoisotopic (exact) mass is 220 g/mol. The molecule has 2 heterocycles. The first-order chi connectivity index (χ1) is 6.24. The number of halogens is 1. The lowest BCUT2D eigenvalue weighted by Crippen LogP contribution is -2.38. The van der Waals surface area contributed by atoms with Gasteiger partial charge in [0.05, 0.1) is 13.2 Å². The van der Waals surface area contributed by atoms with Crippen molar-refractivity contribution in [2.75, 3.05) is 13.2 Å². The van der Waals surface area contributed by atoms with E-state index in [2.05, 4.69) is 10.1 Å². The minimum atomic E-state index is -0.586. The highest BCUT2D eigenvalue weighted by Gasteiger charge is 2.36. The van der Waals surface area contributed by atoms with Crippen molar-refractivity contribution < 1.29 is 9.26 Å². The van der Waals surface area contributed by atoms with Crippen LogP contribution in [-0.2, 0) is 16.8 Å². The molecule has 1 fully saturated rings. The van der Waals surface area contributed by atoms with Gasteiger partial charge < -0.3 is 20.7 Å². The number of aromatic nitrogens is 2. The third kappa shape index (κ3) is 1.88. The van der Waals surface area contributed by atoms with Gasteiger partial charge in [-0.25, -0.2) is 0 Å². The second-order valence-electron chi connectivity index (χ2n) is 3.17. The van der Waals surface area contributed by atoms with Gasteiger partial charge in [0.2, 0.25) is 5.89 Å². The smallest absolute Gasteiger partial charge is 0.240 e. The maximum Gasteiger partial charge on any atom is 0.240 e. The van der Waals surface area contributed by atoms with Gasteiger partial charge in [0.15, 0.2) is 5.82 Å². The minimum absolute atomic E-state index is 0. The highest BCUT2D eigenvalue weighted by atomic mass is 35.5. The molecule has 6 nitrogen and oxygen atoms in total. The molecule has 1 unspecified atom stereocenters. The van der Waals surface area contributed by atoms with Gasteiger partial charge in [-0.2, -0.15) is 4.98 Å². The van der Waals surface area contributed by atoms with Crippen LogP contribution in [0, 0.1) is 0 Å². The summed E-state index contributed by atoms with van der Waals surface area (Å²) in [5, 5.41) is 3.77. The third-order valence-corrected chi connectivity index (χ3v) is 2.14. The Morgan fingerprint density at radius 3 is 2.79 bits per heavy atom. The van der Waals surface area contributed by atoms with E-state index in [0.29, 0.717) is 24.9 Å². The van der Waals surface area contributed by atoms with Gasteiger partial charge in [-0.3, -0.25) is 0 Å². The number of nitrogens with two attached hydrogens (primary N) is 2. The van der Waals surface area contributed by atoms with Crippen LogP contribution in [0.15, 0.2) is 4.52 Å². The number of rotatable bonds is 2. The molecule has 1 aromatic heterocycles. The predicted octanol–water partition coefficient (Wildman–Crippen LogP) is -0.476. The van der Waals surface area contributed by atoms with Crippen molar-refractivity contribution in [3.8, 4) is 0 Å². The van der Waals surface area contributed by atoms with E-state index >= 15 is 0 Å². The molecule has 0 aromatic carbocycles. The quantitative estimate of drug-likeness (QED) is 0.699.